The van der Waals surface area contributed by atoms with E-state index in [0.717, 1.165) is 0 Å². The number of likely N-dealkylation sites (tertiary alicyclic amines) is 1. The maximum atomic E-state index is 12.2. The van der Waals surface area contributed by atoms with Crippen molar-refractivity contribution in [3.8, 4) is 5.88 Å². The molecule has 0 spiro atoms. The Hall–Kier alpha value is -1.76. The molecule has 1 amide bonds. The second-order valence-electron chi connectivity index (χ2n) is 4.25. The first-order chi connectivity index (χ1) is 9.08. The monoisotopic (exact) mass is 272 g/mol. The number of carbonyl (C=O) groups excluding carboxylic acids is 1. The number of carbonyl (C=O) groups is 1. The number of rotatable bonds is 4. The van der Waals surface area contributed by atoms with E-state index in [2.05, 4.69) is 4.98 Å². The van der Waals surface area contributed by atoms with E-state index >= 15 is 0 Å². The van der Waals surface area contributed by atoms with Gasteiger partial charge in [-0.05, 0) is 18.6 Å². The van der Waals surface area contributed by atoms with Crippen LogP contribution in [0, 0.1) is 0 Å². The van der Waals surface area contributed by atoms with E-state index in [1.54, 1.807) is 0 Å². The summed E-state index contributed by atoms with van der Waals surface area (Å²) >= 11 is 0. The van der Waals surface area contributed by atoms with E-state index in [-0.39, 0.29) is 23.9 Å². The number of hydrogen-bond acceptors (Lipinski definition) is 4. The number of ether oxygens (including phenoxy) is 1. The molecule has 0 aliphatic carbocycles. The maximum Gasteiger partial charge on any atom is 0.272 e. The van der Waals surface area contributed by atoms with Crippen LogP contribution in [0.5, 0.6) is 5.88 Å². The highest BCUT2D eigenvalue weighted by molar-refractivity contribution is 5.96. The number of amides is 1. The van der Waals surface area contributed by atoms with E-state index < -0.39 is 19.1 Å². The molecule has 104 valence electrons. The van der Waals surface area contributed by atoms with Gasteiger partial charge >= 0.3 is 0 Å². The second-order valence-corrected chi connectivity index (χ2v) is 4.25. The molecule has 0 aromatic carbocycles. The number of alkyl halides is 2. The molecule has 0 bridgehead atoms. The lowest BCUT2D eigenvalue weighted by atomic mass is 10.2. The van der Waals surface area contributed by atoms with Crippen LogP contribution in [0.3, 0.4) is 0 Å². The Labute approximate surface area is 108 Å². The van der Waals surface area contributed by atoms with Crippen LogP contribution in [0.4, 0.5) is 8.78 Å². The van der Waals surface area contributed by atoms with Crippen molar-refractivity contribution in [3.05, 3.63) is 23.9 Å². The number of aromatic nitrogens is 1. The van der Waals surface area contributed by atoms with Crippen molar-refractivity contribution in [3.63, 3.8) is 0 Å². The Balaban J connectivity index is 2.12. The first-order valence-electron chi connectivity index (χ1n) is 5.91. The van der Waals surface area contributed by atoms with E-state index in [0.29, 0.717) is 13.0 Å². The number of nitrogens with zero attached hydrogens (tertiary/aromatic N) is 2. The van der Waals surface area contributed by atoms with Crippen molar-refractivity contribution < 1.29 is 23.4 Å². The van der Waals surface area contributed by atoms with Crippen molar-refractivity contribution in [2.75, 3.05) is 19.7 Å². The third-order valence-corrected chi connectivity index (χ3v) is 2.80. The van der Waals surface area contributed by atoms with Gasteiger partial charge in [0.25, 0.3) is 12.3 Å². The minimum absolute atomic E-state index is 0.103. The standard InChI is InChI=1S/C12H14F2N2O3/c13-10(14)7-19-11-9(2-1-4-15-11)12(18)16-5-3-8(17)6-16/h1-2,4,8,10,17H,3,5-7H2/t8-/m1/s1. The molecule has 1 aromatic rings. The number of β-amino-alcohol motifs (C(OH)–C–C–N with tert-alkyl or cyclic N) is 1. The molecule has 7 heteroatoms. The van der Waals surface area contributed by atoms with Crippen LogP contribution in [0.2, 0.25) is 0 Å². The minimum Gasteiger partial charge on any atom is -0.471 e. The highest BCUT2D eigenvalue weighted by Crippen LogP contribution is 2.20. The molecule has 1 N–H and O–H groups in total. The summed E-state index contributed by atoms with van der Waals surface area (Å²) in [5, 5.41) is 9.40. The molecule has 1 fully saturated rings. The van der Waals surface area contributed by atoms with Gasteiger partial charge in [-0.1, -0.05) is 0 Å². The second kappa shape index (κ2) is 5.92. The summed E-state index contributed by atoms with van der Waals surface area (Å²) in [6.07, 6.45) is -1.28. The van der Waals surface area contributed by atoms with Crippen molar-refractivity contribution in [2.45, 2.75) is 19.0 Å². The predicted octanol–water partition coefficient (Wildman–Crippen LogP) is 0.932. The number of hydrogen-bond donors (Lipinski definition) is 1. The van der Waals surface area contributed by atoms with Crippen LogP contribution in [-0.4, -0.2) is 53.1 Å². The normalized spacial score (nSPS) is 18.9. The Morgan fingerprint density at radius 2 is 2.42 bits per heavy atom. The molecule has 1 aliphatic rings. The third kappa shape index (κ3) is 3.37. The van der Waals surface area contributed by atoms with Crippen LogP contribution >= 0.6 is 0 Å². The third-order valence-electron chi connectivity index (χ3n) is 2.80. The molecule has 1 aromatic heterocycles. The van der Waals surface area contributed by atoms with Gasteiger partial charge in [0.1, 0.15) is 5.56 Å². The quantitative estimate of drug-likeness (QED) is 0.885. The highest BCUT2D eigenvalue weighted by Gasteiger charge is 2.27. The number of halogens is 2. The van der Waals surface area contributed by atoms with Crippen LogP contribution in [0.15, 0.2) is 18.3 Å². The van der Waals surface area contributed by atoms with Gasteiger partial charge < -0.3 is 14.7 Å². The average Bonchev–Trinajstić information content (AvgIpc) is 2.82. The number of aliphatic hydroxyl groups excluding tert-OH is 1. The van der Waals surface area contributed by atoms with Gasteiger partial charge in [0, 0.05) is 19.3 Å². The van der Waals surface area contributed by atoms with Crippen LogP contribution in [0.1, 0.15) is 16.8 Å². The Kier molecular flexibility index (Phi) is 4.26. The lowest BCUT2D eigenvalue weighted by molar-refractivity contribution is 0.0709. The summed E-state index contributed by atoms with van der Waals surface area (Å²) in [6, 6.07) is 3.01. The molecule has 5 nitrogen and oxygen atoms in total. The minimum atomic E-state index is -2.63. The zero-order chi connectivity index (χ0) is 13.8. The Morgan fingerprint density at radius 3 is 3.05 bits per heavy atom. The average molecular weight is 272 g/mol. The van der Waals surface area contributed by atoms with E-state index in [9.17, 15) is 18.7 Å². The van der Waals surface area contributed by atoms with Gasteiger partial charge in [-0.15, -0.1) is 0 Å². The first kappa shape index (κ1) is 13.7. The van der Waals surface area contributed by atoms with Crippen LogP contribution < -0.4 is 4.74 Å². The molecule has 19 heavy (non-hydrogen) atoms. The molecular formula is C12H14F2N2O3. The number of pyridine rings is 1. The number of aliphatic hydroxyl groups is 1. The summed E-state index contributed by atoms with van der Waals surface area (Å²) < 4.78 is 29.1. The largest absolute Gasteiger partial charge is 0.471 e. The summed E-state index contributed by atoms with van der Waals surface area (Å²) in [7, 11) is 0. The fourth-order valence-electron chi connectivity index (χ4n) is 1.91. The van der Waals surface area contributed by atoms with E-state index in [4.69, 9.17) is 4.74 Å². The molecule has 2 heterocycles. The molecule has 1 aliphatic heterocycles. The van der Waals surface area contributed by atoms with Crippen molar-refractivity contribution >= 4 is 5.91 Å². The molecule has 0 radical (unpaired) electrons. The molecule has 1 atom stereocenters. The van der Waals surface area contributed by atoms with Crippen molar-refractivity contribution in [1.29, 1.82) is 0 Å². The smallest absolute Gasteiger partial charge is 0.272 e. The predicted molar refractivity (Wildman–Crippen MR) is 62.3 cm³/mol. The fourth-order valence-corrected chi connectivity index (χ4v) is 1.91. The Bertz CT molecular complexity index is 456. The van der Waals surface area contributed by atoms with Crippen molar-refractivity contribution in [2.24, 2.45) is 0 Å². The first-order valence-corrected chi connectivity index (χ1v) is 5.91. The SMILES string of the molecule is O=C(c1cccnc1OCC(F)F)N1CC[C@@H](O)C1. The maximum absolute atomic E-state index is 12.2. The molecule has 1 saturated heterocycles. The summed E-state index contributed by atoms with van der Waals surface area (Å²) in [5.41, 5.74) is 0.136. The zero-order valence-corrected chi connectivity index (χ0v) is 10.1. The Morgan fingerprint density at radius 1 is 1.63 bits per heavy atom. The lowest BCUT2D eigenvalue weighted by Crippen LogP contribution is -2.30. The molecule has 0 saturated carbocycles. The fraction of sp³-hybridized carbons (Fsp3) is 0.500. The van der Waals surface area contributed by atoms with Gasteiger partial charge in [-0.3, -0.25) is 4.79 Å². The van der Waals surface area contributed by atoms with Gasteiger partial charge in [-0.2, -0.15) is 0 Å². The van der Waals surface area contributed by atoms with Crippen LogP contribution in [-0.2, 0) is 0 Å². The molecule has 0 unspecified atom stereocenters. The molecule has 2 rings (SSSR count). The van der Waals surface area contributed by atoms with E-state index in [1.165, 1.54) is 23.2 Å². The van der Waals surface area contributed by atoms with Gasteiger partial charge in [-0.25, -0.2) is 13.8 Å². The highest BCUT2D eigenvalue weighted by atomic mass is 19.3. The zero-order valence-electron chi connectivity index (χ0n) is 10.1. The summed E-state index contributed by atoms with van der Waals surface area (Å²) in [4.78, 5) is 17.4. The lowest BCUT2D eigenvalue weighted by Gasteiger charge is -2.17. The van der Waals surface area contributed by atoms with Gasteiger partial charge in [0.05, 0.1) is 6.10 Å². The van der Waals surface area contributed by atoms with Crippen LogP contribution in [0.25, 0.3) is 0 Å². The van der Waals surface area contributed by atoms with Gasteiger partial charge in [0.15, 0.2) is 6.61 Å². The molecular weight excluding hydrogens is 258 g/mol. The summed E-state index contributed by atoms with van der Waals surface area (Å²) in [6.45, 7) is -0.134. The topological polar surface area (TPSA) is 62.7 Å². The van der Waals surface area contributed by atoms with E-state index in [1.807, 2.05) is 0 Å². The summed E-state index contributed by atoms with van der Waals surface area (Å²) in [5.74, 6) is -0.469. The van der Waals surface area contributed by atoms with Crippen molar-refractivity contribution in [1.82, 2.24) is 9.88 Å². The van der Waals surface area contributed by atoms with Gasteiger partial charge in [0.2, 0.25) is 5.88 Å².